The van der Waals surface area contributed by atoms with Crippen molar-refractivity contribution in [3.8, 4) is 0 Å². The first kappa shape index (κ1) is 24.6. The normalized spacial score (nSPS) is 10.4. The molecule has 1 nitrogen and oxygen atoms in total. The van der Waals surface area contributed by atoms with Crippen LogP contribution in [-0.4, -0.2) is 17.5 Å². The van der Waals surface area contributed by atoms with Crippen molar-refractivity contribution in [2.24, 2.45) is 0 Å². The van der Waals surface area contributed by atoms with Crippen LogP contribution in [0.5, 0.6) is 0 Å². The SMILES string of the molecule is CCCCCCCCCCCCCCCCCCS.CCO. The molecule has 0 atom stereocenters. The highest BCUT2D eigenvalue weighted by Gasteiger charge is 1.94. The van der Waals surface area contributed by atoms with Crippen molar-refractivity contribution in [3.63, 3.8) is 0 Å². The van der Waals surface area contributed by atoms with E-state index in [4.69, 9.17) is 5.11 Å². The second-order valence-electron chi connectivity index (χ2n) is 6.34. The molecule has 0 radical (unpaired) electrons. The van der Waals surface area contributed by atoms with Gasteiger partial charge in [-0.3, -0.25) is 0 Å². The van der Waals surface area contributed by atoms with E-state index in [-0.39, 0.29) is 6.61 Å². The van der Waals surface area contributed by atoms with Gasteiger partial charge in [-0.05, 0) is 19.1 Å². The smallest absolute Gasteiger partial charge is 0.0402 e. The van der Waals surface area contributed by atoms with E-state index in [9.17, 15) is 0 Å². The highest BCUT2D eigenvalue weighted by molar-refractivity contribution is 7.80. The minimum Gasteiger partial charge on any atom is -0.397 e. The molecular weight excluding hydrogens is 288 g/mol. The van der Waals surface area contributed by atoms with Gasteiger partial charge in [0.1, 0.15) is 0 Å². The Morgan fingerprint density at radius 1 is 0.500 bits per heavy atom. The van der Waals surface area contributed by atoms with Gasteiger partial charge in [-0.15, -0.1) is 0 Å². The highest BCUT2D eigenvalue weighted by atomic mass is 32.1. The van der Waals surface area contributed by atoms with E-state index in [1.807, 2.05) is 0 Å². The van der Waals surface area contributed by atoms with E-state index < -0.39 is 0 Å². The number of unbranched alkanes of at least 4 members (excludes halogenated alkanes) is 15. The molecule has 0 saturated heterocycles. The number of aliphatic hydroxyl groups is 1. The Bertz CT molecular complexity index is 146. The van der Waals surface area contributed by atoms with E-state index >= 15 is 0 Å². The van der Waals surface area contributed by atoms with Crippen LogP contribution in [0.15, 0.2) is 0 Å². The Hall–Kier alpha value is 0.310. The second kappa shape index (κ2) is 26.2. The van der Waals surface area contributed by atoms with Crippen LogP contribution in [0.4, 0.5) is 0 Å². The van der Waals surface area contributed by atoms with Crippen LogP contribution in [0.3, 0.4) is 0 Å². The average molecular weight is 333 g/mol. The monoisotopic (exact) mass is 332 g/mol. The van der Waals surface area contributed by atoms with Crippen molar-refractivity contribution >= 4 is 12.6 Å². The van der Waals surface area contributed by atoms with Gasteiger partial charge in [0.15, 0.2) is 0 Å². The third-order valence-electron chi connectivity index (χ3n) is 4.01. The van der Waals surface area contributed by atoms with Crippen LogP contribution >= 0.6 is 12.6 Å². The molecule has 0 bridgehead atoms. The lowest BCUT2D eigenvalue weighted by Crippen LogP contribution is -1.83. The van der Waals surface area contributed by atoms with Crippen molar-refractivity contribution in [2.45, 2.75) is 117 Å². The molecule has 0 aromatic carbocycles. The zero-order valence-electron chi connectivity index (χ0n) is 15.6. The molecule has 0 aromatic rings. The molecule has 2 heteroatoms. The number of aliphatic hydroxyl groups excluding tert-OH is 1. The molecular formula is C20H44OS. The van der Waals surface area contributed by atoms with Gasteiger partial charge in [0.25, 0.3) is 0 Å². The molecule has 1 N–H and O–H groups in total. The fourth-order valence-electron chi connectivity index (χ4n) is 2.66. The summed E-state index contributed by atoms with van der Waals surface area (Å²) < 4.78 is 0. The lowest BCUT2D eigenvalue weighted by atomic mass is 10.0. The fourth-order valence-corrected chi connectivity index (χ4v) is 2.88. The van der Waals surface area contributed by atoms with E-state index in [1.165, 1.54) is 103 Å². The maximum Gasteiger partial charge on any atom is 0.0402 e. The minimum atomic E-state index is 0.250. The zero-order chi connectivity index (χ0) is 16.7. The Balaban J connectivity index is 0. The van der Waals surface area contributed by atoms with Crippen LogP contribution in [0, 0.1) is 0 Å². The molecule has 0 unspecified atom stereocenters. The predicted octanol–water partition coefficient (Wildman–Crippen LogP) is 7.18. The third-order valence-corrected chi connectivity index (χ3v) is 4.33. The van der Waals surface area contributed by atoms with Crippen molar-refractivity contribution in [3.05, 3.63) is 0 Å². The van der Waals surface area contributed by atoms with Crippen LogP contribution in [-0.2, 0) is 0 Å². The standard InChI is InChI=1S/C18H38S.C2H6O/c1-2-3-4-5-6-7-8-9-10-11-12-13-14-15-16-17-18-19;1-2-3/h19H,2-18H2,1H3;3H,2H2,1H3. The molecule has 0 spiro atoms. The highest BCUT2D eigenvalue weighted by Crippen LogP contribution is 2.13. The zero-order valence-corrected chi connectivity index (χ0v) is 16.5. The summed E-state index contributed by atoms with van der Waals surface area (Å²) in [6.45, 7) is 4.22. The first-order chi connectivity index (χ1) is 10.8. The van der Waals surface area contributed by atoms with Crippen LogP contribution in [0.25, 0.3) is 0 Å². The maximum absolute atomic E-state index is 7.57. The Morgan fingerprint density at radius 2 is 0.727 bits per heavy atom. The first-order valence-corrected chi connectivity index (χ1v) is 10.7. The molecule has 0 amide bonds. The van der Waals surface area contributed by atoms with Crippen LogP contribution < -0.4 is 0 Å². The average Bonchev–Trinajstić information content (AvgIpc) is 2.52. The summed E-state index contributed by atoms with van der Waals surface area (Å²) in [5, 5.41) is 7.57. The van der Waals surface area contributed by atoms with Crippen molar-refractivity contribution < 1.29 is 5.11 Å². The quantitative estimate of drug-likeness (QED) is 0.226. The van der Waals surface area contributed by atoms with E-state index in [1.54, 1.807) is 6.92 Å². The Kier molecular flexibility index (Phi) is 29.3. The number of hydrogen-bond acceptors (Lipinski definition) is 2. The second-order valence-corrected chi connectivity index (χ2v) is 6.79. The Morgan fingerprint density at radius 3 is 0.955 bits per heavy atom. The van der Waals surface area contributed by atoms with Crippen molar-refractivity contribution in [2.75, 3.05) is 12.4 Å². The van der Waals surface area contributed by atoms with Crippen molar-refractivity contribution in [1.29, 1.82) is 0 Å². The van der Waals surface area contributed by atoms with E-state index in [0.717, 1.165) is 5.75 Å². The molecule has 0 heterocycles. The summed E-state index contributed by atoms with van der Waals surface area (Å²) in [6.07, 6.45) is 23.1. The maximum atomic E-state index is 7.57. The van der Waals surface area contributed by atoms with Gasteiger partial charge in [-0.25, -0.2) is 0 Å². The lowest BCUT2D eigenvalue weighted by Gasteiger charge is -2.03. The predicted molar refractivity (Wildman–Crippen MR) is 106 cm³/mol. The Labute approximate surface area is 147 Å². The van der Waals surface area contributed by atoms with Crippen LogP contribution in [0.2, 0.25) is 0 Å². The molecule has 0 aliphatic rings. The molecule has 0 fully saturated rings. The molecule has 22 heavy (non-hydrogen) atoms. The minimum absolute atomic E-state index is 0.250. The molecule has 136 valence electrons. The van der Waals surface area contributed by atoms with Gasteiger partial charge in [0.05, 0.1) is 0 Å². The number of rotatable bonds is 16. The molecule has 0 aromatic heterocycles. The van der Waals surface area contributed by atoms with Gasteiger partial charge in [-0.1, -0.05) is 103 Å². The van der Waals surface area contributed by atoms with Gasteiger partial charge in [0.2, 0.25) is 0 Å². The van der Waals surface area contributed by atoms with Gasteiger partial charge >= 0.3 is 0 Å². The largest absolute Gasteiger partial charge is 0.397 e. The van der Waals surface area contributed by atoms with Gasteiger partial charge in [0, 0.05) is 6.61 Å². The first-order valence-electron chi connectivity index (χ1n) is 10.0. The topological polar surface area (TPSA) is 20.2 Å². The summed E-state index contributed by atoms with van der Waals surface area (Å²) in [5.41, 5.74) is 0. The van der Waals surface area contributed by atoms with Crippen molar-refractivity contribution in [1.82, 2.24) is 0 Å². The fraction of sp³-hybridized carbons (Fsp3) is 1.00. The summed E-state index contributed by atoms with van der Waals surface area (Å²) in [5.74, 6) is 1.07. The van der Waals surface area contributed by atoms with E-state index in [2.05, 4.69) is 19.6 Å². The van der Waals surface area contributed by atoms with Gasteiger partial charge in [-0.2, -0.15) is 12.6 Å². The summed E-state index contributed by atoms with van der Waals surface area (Å²) >= 11 is 4.24. The summed E-state index contributed by atoms with van der Waals surface area (Å²) in [7, 11) is 0. The molecule has 0 aliphatic heterocycles. The summed E-state index contributed by atoms with van der Waals surface area (Å²) in [4.78, 5) is 0. The van der Waals surface area contributed by atoms with Crippen LogP contribution in [0.1, 0.15) is 117 Å². The van der Waals surface area contributed by atoms with E-state index in [0.29, 0.717) is 0 Å². The molecule has 0 aliphatic carbocycles. The lowest BCUT2D eigenvalue weighted by molar-refractivity contribution is 0.318. The van der Waals surface area contributed by atoms with Gasteiger partial charge < -0.3 is 5.11 Å². The number of hydrogen-bond donors (Lipinski definition) is 2. The number of thiol groups is 1. The summed E-state index contributed by atoms with van der Waals surface area (Å²) in [6, 6.07) is 0. The molecule has 0 rings (SSSR count). The third kappa shape index (κ3) is 28.5. The molecule has 0 saturated carbocycles.